The van der Waals surface area contributed by atoms with Crippen LogP contribution in [-0.2, 0) is 11.4 Å². The maximum Gasteiger partial charge on any atom is 0.259 e. The molecule has 3 aromatic rings. The second-order valence-corrected chi connectivity index (χ2v) is 6.10. The van der Waals surface area contributed by atoms with Crippen molar-refractivity contribution in [3.63, 3.8) is 0 Å². The number of para-hydroxylation sites is 2. The number of carbonyl (C=O) groups excluding carboxylic acids is 1. The molecule has 1 aromatic carbocycles. The third-order valence-corrected chi connectivity index (χ3v) is 4.43. The van der Waals surface area contributed by atoms with E-state index >= 15 is 0 Å². The van der Waals surface area contributed by atoms with Crippen molar-refractivity contribution >= 4 is 27.9 Å². The number of aryl methyl sites for hydroxylation is 1. The van der Waals surface area contributed by atoms with E-state index in [2.05, 4.69) is 10.3 Å². The Labute approximate surface area is 142 Å². The molecule has 2 aromatic heterocycles. The minimum atomic E-state index is -0.120. The van der Waals surface area contributed by atoms with Gasteiger partial charge in [0.2, 0.25) is 5.91 Å². The van der Waals surface area contributed by atoms with E-state index in [-0.39, 0.29) is 18.1 Å². The van der Waals surface area contributed by atoms with Crippen LogP contribution in [0, 0.1) is 6.92 Å². The minimum absolute atomic E-state index is 0.0853. The van der Waals surface area contributed by atoms with Gasteiger partial charge in [0.25, 0.3) is 5.56 Å². The zero-order valence-electron chi connectivity index (χ0n) is 13.4. The zero-order chi connectivity index (χ0) is 17.1. The number of amides is 1. The van der Waals surface area contributed by atoms with Crippen molar-refractivity contribution in [3.05, 3.63) is 57.5 Å². The molecule has 0 unspecified atom stereocenters. The predicted octanol–water partition coefficient (Wildman–Crippen LogP) is 2.99. The Morgan fingerprint density at radius 1 is 1.38 bits per heavy atom. The van der Waals surface area contributed by atoms with Gasteiger partial charge in [0, 0.05) is 23.6 Å². The van der Waals surface area contributed by atoms with Crippen LogP contribution in [0.25, 0.3) is 4.96 Å². The fourth-order valence-electron chi connectivity index (χ4n) is 2.26. The summed E-state index contributed by atoms with van der Waals surface area (Å²) in [5, 5.41) is 4.69. The summed E-state index contributed by atoms with van der Waals surface area (Å²) in [5.41, 5.74) is 1.91. The lowest BCUT2D eigenvalue weighted by Crippen LogP contribution is -2.16. The molecular weight excluding hydrogens is 326 g/mol. The summed E-state index contributed by atoms with van der Waals surface area (Å²) in [6, 6.07) is 8.66. The molecule has 0 aliphatic heterocycles. The van der Waals surface area contributed by atoms with Gasteiger partial charge in [0.1, 0.15) is 12.4 Å². The van der Waals surface area contributed by atoms with Gasteiger partial charge in [-0.25, -0.2) is 4.98 Å². The summed E-state index contributed by atoms with van der Waals surface area (Å²) in [6.45, 7) is 3.81. The second-order valence-electron chi connectivity index (χ2n) is 5.27. The first-order chi connectivity index (χ1) is 11.6. The summed E-state index contributed by atoms with van der Waals surface area (Å²) in [6.07, 6.45) is 0.390. The summed E-state index contributed by atoms with van der Waals surface area (Å²) < 4.78 is 7.33. The zero-order valence-corrected chi connectivity index (χ0v) is 14.2. The van der Waals surface area contributed by atoms with Crippen LogP contribution in [0.5, 0.6) is 5.75 Å². The third-order valence-electron chi connectivity index (χ3n) is 3.49. The molecule has 0 bridgehead atoms. The van der Waals surface area contributed by atoms with Gasteiger partial charge in [-0.05, 0) is 19.1 Å². The van der Waals surface area contributed by atoms with Gasteiger partial charge in [-0.15, -0.1) is 11.3 Å². The molecule has 1 amide bonds. The summed E-state index contributed by atoms with van der Waals surface area (Å²) in [7, 11) is 0. The van der Waals surface area contributed by atoms with Gasteiger partial charge in [0.05, 0.1) is 11.4 Å². The number of anilines is 1. The van der Waals surface area contributed by atoms with Gasteiger partial charge in [-0.3, -0.25) is 14.0 Å². The average Bonchev–Trinajstić information content (AvgIpc) is 2.95. The molecule has 3 rings (SSSR count). The molecule has 2 heterocycles. The van der Waals surface area contributed by atoms with E-state index in [9.17, 15) is 9.59 Å². The standard InChI is InChI=1S/C17H17N3O3S/c1-3-15(21)19-13-6-4-5-7-14(13)23-9-12-8-16(22)20-11(2)10-24-17(20)18-12/h4-8,10H,3,9H2,1-2H3,(H,19,21). The highest BCUT2D eigenvalue weighted by atomic mass is 32.1. The van der Waals surface area contributed by atoms with E-state index in [1.54, 1.807) is 23.5 Å². The number of nitrogens with one attached hydrogen (secondary N) is 1. The minimum Gasteiger partial charge on any atom is -0.485 e. The molecule has 0 aliphatic rings. The maximum absolute atomic E-state index is 12.2. The normalized spacial score (nSPS) is 10.8. The highest BCUT2D eigenvalue weighted by molar-refractivity contribution is 7.15. The van der Waals surface area contributed by atoms with Crippen LogP contribution in [0.3, 0.4) is 0 Å². The van der Waals surface area contributed by atoms with Crippen molar-refractivity contribution in [1.29, 1.82) is 0 Å². The number of hydrogen-bond donors (Lipinski definition) is 1. The topological polar surface area (TPSA) is 72.7 Å². The third kappa shape index (κ3) is 3.30. The van der Waals surface area contributed by atoms with E-state index in [1.807, 2.05) is 24.4 Å². The first-order valence-electron chi connectivity index (χ1n) is 7.57. The van der Waals surface area contributed by atoms with Crippen LogP contribution in [0.1, 0.15) is 24.7 Å². The van der Waals surface area contributed by atoms with E-state index in [0.717, 1.165) is 5.69 Å². The number of aromatic nitrogens is 2. The number of nitrogens with zero attached hydrogens (tertiary/aromatic N) is 2. The van der Waals surface area contributed by atoms with Crippen molar-refractivity contribution in [2.75, 3.05) is 5.32 Å². The Kier molecular flexibility index (Phi) is 4.61. The van der Waals surface area contributed by atoms with Crippen LogP contribution in [0.2, 0.25) is 0 Å². The number of benzene rings is 1. The van der Waals surface area contributed by atoms with Gasteiger partial charge in [-0.2, -0.15) is 0 Å². The van der Waals surface area contributed by atoms with Crippen LogP contribution in [0.15, 0.2) is 40.5 Å². The lowest BCUT2D eigenvalue weighted by molar-refractivity contribution is -0.115. The van der Waals surface area contributed by atoms with Gasteiger partial charge in [-0.1, -0.05) is 19.1 Å². The Morgan fingerprint density at radius 3 is 2.96 bits per heavy atom. The molecule has 0 saturated heterocycles. The largest absolute Gasteiger partial charge is 0.485 e. The molecule has 6 nitrogen and oxygen atoms in total. The molecule has 0 fully saturated rings. The number of thiazole rings is 1. The Hall–Kier alpha value is -2.67. The van der Waals surface area contributed by atoms with Crippen molar-refractivity contribution in [1.82, 2.24) is 9.38 Å². The average molecular weight is 343 g/mol. The quantitative estimate of drug-likeness (QED) is 0.773. The van der Waals surface area contributed by atoms with E-state index in [1.165, 1.54) is 17.4 Å². The fraction of sp³-hybridized carbons (Fsp3) is 0.235. The molecule has 24 heavy (non-hydrogen) atoms. The molecular formula is C17H17N3O3S. The Morgan fingerprint density at radius 2 is 2.17 bits per heavy atom. The van der Waals surface area contributed by atoms with Gasteiger partial charge >= 0.3 is 0 Å². The number of fused-ring (bicyclic) bond motifs is 1. The van der Waals surface area contributed by atoms with Crippen LogP contribution >= 0.6 is 11.3 Å². The van der Waals surface area contributed by atoms with Crippen molar-refractivity contribution in [3.8, 4) is 5.75 Å². The molecule has 0 spiro atoms. The van der Waals surface area contributed by atoms with Crippen molar-refractivity contribution in [2.24, 2.45) is 0 Å². The second kappa shape index (κ2) is 6.84. The number of hydrogen-bond acceptors (Lipinski definition) is 5. The molecule has 7 heteroatoms. The fourth-order valence-corrected chi connectivity index (χ4v) is 3.15. The lowest BCUT2D eigenvalue weighted by atomic mass is 10.3. The highest BCUT2D eigenvalue weighted by Gasteiger charge is 2.09. The molecule has 0 atom stereocenters. The lowest BCUT2D eigenvalue weighted by Gasteiger charge is -2.11. The van der Waals surface area contributed by atoms with Gasteiger partial charge < -0.3 is 10.1 Å². The summed E-state index contributed by atoms with van der Waals surface area (Å²) in [5.74, 6) is 0.460. The van der Waals surface area contributed by atoms with E-state index in [0.29, 0.717) is 28.5 Å². The molecule has 0 radical (unpaired) electrons. The molecule has 0 saturated carbocycles. The molecule has 124 valence electrons. The summed E-state index contributed by atoms with van der Waals surface area (Å²) in [4.78, 5) is 28.8. The van der Waals surface area contributed by atoms with Gasteiger partial charge in [0.15, 0.2) is 4.96 Å². The first-order valence-corrected chi connectivity index (χ1v) is 8.45. The van der Waals surface area contributed by atoms with E-state index in [4.69, 9.17) is 4.74 Å². The van der Waals surface area contributed by atoms with Crippen molar-refractivity contribution < 1.29 is 9.53 Å². The summed E-state index contributed by atoms with van der Waals surface area (Å²) >= 11 is 1.42. The smallest absolute Gasteiger partial charge is 0.259 e. The predicted molar refractivity (Wildman–Crippen MR) is 93.8 cm³/mol. The number of carbonyl (C=O) groups is 1. The number of rotatable bonds is 5. The first kappa shape index (κ1) is 16.2. The van der Waals surface area contributed by atoms with Crippen LogP contribution in [0.4, 0.5) is 5.69 Å². The Bertz CT molecular complexity index is 946. The molecule has 1 N–H and O–H groups in total. The number of ether oxygens (including phenoxy) is 1. The maximum atomic E-state index is 12.2. The van der Waals surface area contributed by atoms with Crippen molar-refractivity contribution in [2.45, 2.75) is 26.9 Å². The monoisotopic (exact) mass is 343 g/mol. The van der Waals surface area contributed by atoms with Crippen LogP contribution in [-0.4, -0.2) is 15.3 Å². The van der Waals surface area contributed by atoms with Crippen LogP contribution < -0.4 is 15.6 Å². The molecule has 0 aliphatic carbocycles. The Balaban J connectivity index is 1.81. The highest BCUT2D eigenvalue weighted by Crippen LogP contribution is 2.24. The SMILES string of the molecule is CCC(=O)Nc1ccccc1OCc1cc(=O)n2c(C)csc2n1. The van der Waals surface area contributed by atoms with E-state index < -0.39 is 0 Å².